The number of rotatable bonds is 26. The minimum atomic E-state index is -2.29. The average Bonchev–Trinajstić information content (AvgIpc) is 3.28. The average molecular weight is 913 g/mol. The molecule has 1 amide bonds. The summed E-state index contributed by atoms with van der Waals surface area (Å²) in [6.45, 7) is 14.0. The number of hydrogen-bond donors (Lipinski definition) is 4. The third-order valence-corrected chi connectivity index (χ3v) is 14.2. The Balaban J connectivity index is 1.41. The van der Waals surface area contributed by atoms with Crippen molar-refractivity contribution in [1.29, 1.82) is 0 Å². The number of nitrogens with one attached hydrogen (secondary N) is 1. The highest BCUT2D eigenvalue weighted by Crippen LogP contribution is 2.37. The maximum atomic E-state index is 13.5. The number of allylic oxidation sites excluding steroid dienone is 7. The van der Waals surface area contributed by atoms with Gasteiger partial charge in [-0.15, -0.1) is 0 Å². The van der Waals surface area contributed by atoms with Crippen molar-refractivity contribution in [2.24, 2.45) is 41.4 Å². The molecule has 0 spiro atoms. The van der Waals surface area contributed by atoms with Gasteiger partial charge in [-0.1, -0.05) is 82.2 Å². The van der Waals surface area contributed by atoms with E-state index in [1.54, 1.807) is 26.3 Å². The third kappa shape index (κ3) is 17.0. The summed E-state index contributed by atoms with van der Waals surface area (Å²) >= 11 is 0. The molecule has 0 aromatic carbocycles. The zero-order chi connectivity index (χ0) is 48.4. The number of nitrogens with two attached hydrogens (primary N) is 1. The predicted octanol–water partition coefficient (Wildman–Crippen LogP) is 7.45. The Morgan fingerprint density at radius 3 is 2.35 bits per heavy atom. The van der Waals surface area contributed by atoms with E-state index >= 15 is 0 Å². The van der Waals surface area contributed by atoms with Crippen LogP contribution >= 0.6 is 0 Å². The van der Waals surface area contributed by atoms with Crippen molar-refractivity contribution < 1.29 is 48.4 Å². The molecule has 3 aliphatic rings. The van der Waals surface area contributed by atoms with Gasteiger partial charge >= 0.3 is 5.97 Å². The van der Waals surface area contributed by atoms with Gasteiger partial charge in [-0.25, -0.2) is 10.2 Å². The molecular formula is C51H84N4O10. The number of ketones is 3. The molecule has 3 fully saturated rings. The van der Waals surface area contributed by atoms with Gasteiger partial charge in [-0.3, -0.25) is 25.0 Å². The number of carbonyl (C=O) groups is 5. The Labute approximate surface area is 389 Å². The van der Waals surface area contributed by atoms with Crippen molar-refractivity contribution >= 4 is 29.2 Å². The minimum Gasteiger partial charge on any atom is -0.480 e. The van der Waals surface area contributed by atoms with Crippen LogP contribution in [0.25, 0.3) is 0 Å². The van der Waals surface area contributed by atoms with Crippen LogP contribution in [0.4, 0.5) is 0 Å². The number of ether oxygens (including phenoxy) is 3. The number of carbonyl (C=O) groups excluding carboxylic acids is 4. The van der Waals surface area contributed by atoms with Crippen LogP contribution in [0.15, 0.2) is 47.6 Å². The molecule has 1 aliphatic carbocycles. The lowest BCUT2D eigenvalue weighted by Gasteiger charge is -2.42. The summed E-state index contributed by atoms with van der Waals surface area (Å²) in [6.07, 6.45) is 21.4. The Hall–Kier alpha value is -3.37. The van der Waals surface area contributed by atoms with Crippen molar-refractivity contribution in [2.45, 2.75) is 181 Å². The van der Waals surface area contributed by atoms with Crippen LogP contribution in [0.5, 0.6) is 0 Å². The number of hydrogen-bond acceptors (Lipinski definition) is 12. The number of amides is 1. The number of likely N-dealkylation sites (tertiary alicyclic amines) is 1. The van der Waals surface area contributed by atoms with Crippen molar-refractivity contribution in [3.8, 4) is 0 Å². The summed E-state index contributed by atoms with van der Waals surface area (Å²) in [4.78, 5) is 66.0. The third-order valence-electron chi connectivity index (χ3n) is 14.2. The fraction of sp³-hybridized carbons (Fsp3) is 0.745. The highest BCUT2D eigenvalue weighted by molar-refractivity contribution is 6.39. The van der Waals surface area contributed by atoms with Gasteiger partial charge in [0.1, 0.15) is 17.9 Å². The lowest BCUT2D eigenvalue weighted by atomic mass is 9.78. The molecule has 2 heterocycles. The number of hydrazine groups is 2. The van der Waals surface area contributed by atoms with Crippen molar-refractivity contribution in [2.75, 3.05) is 27.8 Å². The minimum absolute atomic E-state index is 0.0527. The van der Waals surface area contributed by atoms with E-state index in [2.05, 4.69) is 25.3 Å². The molecule has 0 bridgehead atoms. The van der Waals surface area contributed by atoms with Gasteiger partial charge in [0.25, 0.3) is 11.7 Å². The van der Waals surface area contributed by atoms with Gasteiger partial charge < -0.3 is 29.3 Å². The van der Waals surface area contributed by atoms with Gasteiger partial charge in [0.05, 0.1) is 18.2 Å². The van der Waals surface area contributed by atoms with Crippen LogP contribution in [0.3, 0.4) is 0 Å². The SMILES string of the molecule is CNN(N)C1CCC(C[C@@H](C)CCC(=O)[C@H](C)/C=C(\C)CC(OC)C(=O)C(C)C[C@H](C)/C=C/C=C/C=C(\C)CCC2CCC(C)C(O)(C(=O)C(=O)N3CCCCC3C(=O)O)O2)CC1OC. The van der Waals surface area contributed by atoms with Gasteiger partial charge in [-0.2, -0.15) is 5.12 Å². The molecular weight excluding hydrogens is 829 g/mol. The highest BCUT2D eigenvalue weighted by atomic mass is 16.6. The van der Waals surface area contributed by atoms with Crippen LogP contribution in [-0.2, 0) is 38.2 Å². The normalized spacial score (nSPS) is 28.3. The number of aliphatic carboxylic acids is 1. The fourth-order valence-electron chi connectivity index (χ4n) is 9.97. The number of carboxylic acids is 1. The largest absolute Gasteiger partial charge is 0.480 e. The van der Waals surface area contributed by atoms with Crippen LogP contribution in [0.1, 0.15) is 145 Å². The molecule has 368 valence electrons. The molecule has 3 rings (SSSR count). The number of carboxylic acid groups (broad SMARTS) is 1. The Morgan fingerprint density at radius 2 is 1.69 bits per heavy atom. The fourth-order valence-corrected chi connectivity index (χ4v) is 9.97. The van der Waals surface area contributed by atoms with Gasteiger partial charge in [0.15, 0.2) is 5.78 Å². The second-order valence-corrected chi connectivity index (χ2v) is 19.7. The summed E-state index contributed by atoms with van der Waals surface area (Å²) in [5.41, 5.74) is 5.06. The molecule has 0 aromatic heterocycles. The van der Waals surface area contributed by atoms with E-state index in [0.717, 1.165) is 48.2 Å². The first kappa shape index (κ1) is 56.0. The maximum Gasteiger partial charge on any atom is 0.326 e. The van der Waals surface area contributed by atoms with Crippen LogP contribution in [0, 0.1) is 35.5 Å². The van der Waals surface area contributed by atoms with Gasteiger partial charge in [0, 0.05) is 58.4 Å². The lowest BCUT2D eigenvalue weighted by Crippen LogP contribution is -2.60. The van der Waals surface area contributed by atoms with E-state index in [0.29, 0.717) is 69.6 Å². The Bertz CT molecular complexity index is 1700. The molecule has 1 saturated carbocycles. The van der Waals surface area contributed by atoms with Crippen molar-refractivity contribution in [3.63, 3.8) is 0 Å². The van der Waals surface area contributed by atoms with E-state index in [4.69, 9.17) is 20.1 Å². The summed E-state index contributed by atoms with van der Waals surface area (Å²) in [6, 6.07) is -0.930. The topological polar surface area (TPSA) is 198 Å². The zero-order valence-corrected chi connectivity index (χ0v) is 41.3. The molecule has 2 aliphatic heterocycles. The lowest BCUT2D eigenvalue weighted by molar-refractivity contribution is -0.263. The number of Topliss-reactive ketones (excluding diaryl/α,β-unsaturated/α-hetero) is 3. The molecule has 12 atom stereocenters. The van der Waals surface area contributed by atoms with Gasteiger partial charge in [0.2, 0.25) is 5.79 Å². The molecule has 0 aromatic rings. The first-order valence-corrected chi connectivity index (χ1v) is 24.3. The quantitative estimate of drug-likeness (QED) is 0.0220. The van der Waals surface area contributed by atoms with E-state index in [1.165, 1.54) is 0 Å². The summed E-state index contributed by atoms with van der Waals surface area (Å²) in [7, 11) is 5.14. The summed E-state index contributed by atoms with van der Waals surface area (Å²) < 4.78 is 17.4. The molecule has 14 nitrogen and oxygen atoms in total. The highest BCUT2D eigenvalue weighted by Gasteiger charge is 2.52. The van der Waals surface area contributed by atoms with Crippen LogP contribution in [-0.4, -0.2) is 113 Å². The smallest absolute Gasteiger partial charge is 0.326 e. The molecule has 0 radical (unpaired) electrons. The molecule has 14 heteroatoms. The van der Waals surface area contributed by atoms with E-state index < -0.39 is 47.6 Å². The second-order valence-electron chi connectivity index (χ2n) is 19.7. The molecule has 5 N–H and O–H groups in total. The molecule has 2 saturated heterocycles. The number of piperidine rings is 1. The summed E-state index contributed by atoms with van der Waals surface area (Å²) in [5.74, 6) is 0.914. The maximum absolute atomic E-state index is 13.5. The van der Waals surface area contributed by atoms with Crippen molar-refractivity contribution in [1.82, 2.24) is 15.4 Å². The van der Waals surface area contributed by atoms with Gasteiger partial charge in [-0.05, 0) is 115 Å². The van der Waals surface area contributed by atoms with Crippen molar-refractivity contribution in [3.05, 3.63) is 47.6 Å². The number of nitrogens with zero attached hydrogens (tertiary/aromatic N) is 2. The monoisotopic (exact) mass is 913 g/mol. The first-order valence-electron chi connectivity index (χ1n) is 24.3. The molecule has 9 unspecified atom stereocenters. The number of aliphatic hydroxyl groups is 1. The van der Waals surface area contributed by atoms with E-state index in [1.807, 2.05) is 65.1 Å². The Kier molecular flexibility index (Phi) is 23.6. The van der Waals surface area contributed by atoms with Crippen LogP contribution < -0.4 is 11.3 Å². The number of methoxy groups -OCH3 is 2. The van der Waals surface area contributed by atoms with E-state index in [9.17, 15) is 34.2 Å². The van der Waals surface area contributed by atoms with Crippen LogP contribution in [0.2, 0.25) is 0 Å². The second kappa shape index (κ2) is 27.4. The van der Waals surface area contributed by atoms with E-state index in [-0.39, 0.29) is 54.4 Å². The molecule has 65 heavy (non-hydrogen) atoms. The zero-order valence-electron chi connectivity index (χ0n) is 41.3. The standard InChI is InChI=1S/C51H84N4O10/c1-33(19-23-41-24-21-39(7)51(62,65-41)48(58)49(59)54-27-15-14-18-43(54)50(60)61)16-12-11-13-17-34(2)28-38(6)47(57)46(64-10)31-36(4)29-37(5)44(56)26-20-35(3)30-40-22-25-42(55(52)53-8)45(32-40)63-9/h11-13,16-17,29,34-35,37-43,45-46,53,62H,14-15,18-28,30-32,52H2,1-10H3,(H,60,61)/b12-11+,17-13+,33-16+,36-29+/t34-,35+,37-,38?,39?,40?,41?,42?,43?,45?,46?,51?/m1/s1. The Morgan fingerprint density at radius 1 is 0.969 bits per heavy atom. The summed E-state index contributed by atoms with van der Waals surface area (Å²) in [5, 5.41) is 22.6. The first-order chi connectivity index (χ1) is 30.7. The predicted molar refractivity (Wildman–Crippen MR) is 253 cm³/mol.